The number of halogens is 5. The van der Waals surface area contributed by atoms with Gasteiger partial charge in [0.1, 0.15) is 48.0 Å². The Kier molecular flexibility index (Phi) is 7.78. The van der Waals surface area contributed by atoms with E-state index in [2.05, 4.69) is 15.2 Å². The molecule has 5 N–H and O–H groups in total. The zero-order chi connectivity index (χ0) is 30.3. The molecule has 5 rings (SSSR count). The van der Waals surface area contributed by atoms with E-state index in [1.807, 2.05) is 0 Å². The van der Waals surface area contributed by atoms with Gasteiger partial charge in [-0.25, -0.2) is 23.1 Å². The van der Waals surface area contributed by atoms with E-state index in [9.17, 15) is 42.4 Å². The van der Waals surface area contributed by atoms with E-state index in [0.29, 0.717) is 16.3 Å². The number of fused-ring (bicyclic) bond motifs is 1. The largest absolute Gasteiger partial charge is 0.462 e. The number of aliphatic hydroxyl groups is 4. The molecule has 0 radical (unpaired) electrons. The summed E-state index contributed by atoms with van der Waals surface area (Å²) in [4.78, 5) is 3.89. The standard InChI is InChI=1S/C25H21F5N6O6/c26-12-3-6-15(14(27)7-12)36-23-17(21(34-36)25(28,29)30)22(31)35(10-32-23)33-8-11-1-4-13(5-2-11)41-24-20(40)19(39)18(38)16(9-37)42-24/h1-8,10,16,18-20,24,31,37-40H,9H2/b31-22?,33-8-. The van der Waals surface area contributed by atoms with Gasteiger partial charge in [-0.15, -0.1) is 0 Å². The van der Waals surface area contributed by atoms with Gasteiger partial charge < -0.3 is 29.9 Å². The minimum absolute atomic E-state index is 0.156. The van der Waals surface area contributed by atoms with E-state index in [-0.39, 0.29) is 5.75 Å². The minimum atomic E-state index is -5.04. The van der Waals surface area contributed by atoms with Gasteiger partial charge in [-0.1, -0.05) is 0 Å². The lowest BCUT2D eigenvalue weighted by Gasteiger charge is -2.39. The SMILES string of the molecule is N=c1c2c(C(F)(F)F)nn(-c3ccc(F)cc3F)c2ncn1/N=C\c1ccc(OC2OC(CO)C(O)C(O)C2O)cc1. The molecule has 1 fully saturated rings. The molecular formula is C25H21F5N6O6. The maximum atomic E-state index is 14.4. The van der Waals surface area contributed by atoms with Crippen LogP contribution in [0.3, 0.4) is 0 Å². The zero-order valence-electron chi connectivity index (χ0n) is 21.0. The molecule has 4 aromatic rings. The zero-order valence-corrected chi connectivity index (χ0v) is 21.0. The Labute approximate surface area is 231 Å². The monoisotopic (exact) mass is 596 g/mol. The average Bonchev–Trinajstić information content (AvgIpc) is 3.35. The Bertz CT molecular complexity index is 1690. The number of rotatable bonds is 6. The van der Waals surface area contributed by atoms with Crippen molar-refractivity contribution in [3.05, 3.63) is 77.2 Å². The summed E-state index contributed by atoms with van der Waals surface area (Å²) in [5.41, 5.74) is -2.89. The van der Waals surface area contributed by atoms with Crippen LogP contribution in [0.1, 0.15) is 11.3 Å². The third-order valence-corrected chi connectivity index (χ3v) is 6.33. The van der Waals surface area contributed by atoms with E-state index >= 15 is 0 Å². The molecule has 222 valence electrons. The Morgan fingerprint density at radius 2 is 1.76 bits per heavy atom. The smallest absolute Gasteiger partial charge is 0.436 e. The summed E-state index contributed by atoms with van der Waals surface area (Å²) in [6, 6.07) is 7.98. The lowest BCUT2D eigenvalue weighted by molar-refractivity contribution is -0.277. The topological polar surface area (TPSA) is 171 Å². The second-order valence-corrected chi connectivity index (χ2v) is 9.12. The third kappa shape index (κ3) is 5.47. The Balaban J connectivity index is 1.41. The minimum Gasteiger partial charge on any atom is -0.462 e. The number of aromatic nitrogens is 4. The van der Waals surface area contributed by atoms with Crippen LogP contribution in [0.2, 0.25) is 0 Å². The number of aliphatic hydroxyl groups excluding tert-OH is 4. The molecule has 3 heterocycles. The van der Waals surface area contributed by atoms with Gasteiger partial charge in [-0.05, 0) is 42.0 Å². The highest BCUT2D eigenvalue weighted by atomic mass is 19.4. The molecule has 12 nitrogen and oxygen atoms in total. The van der Waals surface area contributed by atoms with Gasteiger partial charge in [0.15, 0.2) is 22.6 Å². The van der Waals surface area contributed by atoms with Crippen molar-refractivity contribution in [2.75, 3.05) is 6.61 Å². The van der Waals surface area contributed by atoms with Crippen LogP contribution >= 0.6 is 0 Å². The first-order chi connectivity index (χ1) is 19.9. The molecule has 42 heavy (non-hydrogen) atoms. The van der Waals surface area contributed by atoms with Crippen LogP contribution in [0, 0.1) is 17.0 Å². The van der Waals surface area contributed by atoms with Gasteiger partial charge in [-0.2, -0.15) is 23.4 Å². The highest BCUT2D eigenvalue weighted by molar-refractivity contribution is 5.81. The molecule has 1 saturated heterocycles. The quantitative estimate of drug-likeness (QED) is 0.163. The first-order valence-corrected chi connectivity index (χ1v) is 12.1. The first-order valence-electron chi connectivity index (χ1n) is 12.1. The summed E-state index contributed by atoms with van der Waals surface area (Å²) in [5.74, 6) is -1.97. The van der Waals surface area contributed by atoms with Crippen molar-refractivity contribution >= 4 is 17.2 Å². The molecule has 2 aromatic carbocycles. The molecule has 1 aliphatic rings. The fraction of sp³-hybridized carbons (Fsp3) is 0.280. The summed E-state index contributed by atoms with van der Waals surface area (Å²) in [6.45, 7) is -0.634. The van der Waals surface area contributed by atoms with Crippen molar-refractivity contribution < 1.29 is 51.9 Å². The van der Waals surface area contributed by atoms with Crippen molar-refractivity contribution in [2.24, 2.45) is 5.10 Å². The van der Waals surface area contributed by atoms with Gasteiger partial charge in [-0.3, -0.25) is 5.41 Å². The normalized spacial score (nSPS) is 23.1. The maximum absolute atomic E-state index is 14.4. The summed E-state index contributed by atoms with van der Waals surface area (Å²) < 4.78 is 81.2. The van der Waals surface area contributed by atoms with Gasteiger partial charge in [0.2, 0.25) is 6.29 Å². The second-order valence-electron chi connectivity index (χ2n) is 9.12. The van der Waals surface area contributed by atoms with Gasteiger partial charge in [0, 0.05) is 6.07 Å². The van der Waals surface area contributed by atoms with Crippen molar-refractivity contribution in [1.82, 2.24) is 19.4 Å². The number of alkyl halides is 3. The number of hydrogen-bond donors (Lipinski definition) is 5. The van der Waals surface area contributed by atoms with Crippen LogP contribution in [-0.2, 0) is 10.9 Å². The van der Waals surface area contributed by atoms with Crippen LogP contribution in [0.25, 0.3) is 16.7 Å². The van der Waals surface area contributed by atoms with Crippen molar-refractivity contribution in [3.8, 4) is 11.4 Å². The van der Waals surface area contributed by atoms with E-state index in [4.69, 9.17) is 14.9 Å². The number of ether oxygens (including phenoxy) is 2. The molecule has 0 amide bonds. The van der Waals surface area contributed by atoms with Gasteiger partial charge in [0.25, 0.3) is 0 Å². The number of nitrogens with one attached hydrogen (secondary N) is 1. The molecule has 1 aliphatic heterocycles. The Morgan fingerprint density at radius 1 is 1.05 bits per heavy atom. The van der Waals surface area contributed by atoms with Crippen molar-refractivity contribution in [2.45, 2.75) is 36.9 Å². The molecule has 0 saturated carbocycles. The van der Waals surface area contributed by atoms with Gasteiger partial charge >= 0.3 is 6.18 Å². The Hall–Kier alpha value is -4.29. The molecule has 2 aromatic heterocycles. The number of hydrogen-bond acceptors (Lipinski definition) is 10. The van der Waals surface area contributed by atoms with E-state index in [1.54, 1.807) is 0 Å². The predicted octanol–water partition coefficient (Wildman–Crippen LogP) is 1.06. The third-order valence-electron chi connectivity index (χ3n) is 6.33. The van der Waals surface area contributed by atoms with Crippen molar-refractivity contribution in [3.63, 3.8) is 0 Å². The highest BCUT2D eigenvalue weighted by Gasteiger charge is 2.44. The lowest BCUT2D eigenvalue weighted by Crippen LogP contribution is -2.60. The molecule has 0 aliphatic carbocycles. The van der Waals surface area contributed by atoms with E-state index in [0.717, 1.165) is 23.1 Å². The van der Waals surface area contributed by atoms with Crippen molar-refractivity contribution in [1.29, 1.82) is 5.41 Å². The molecule has 0 bridgehead atoms. The molecule has 5 unspecified atom stereocenters. The maximum Gasteiger partial charge on any atom is 0.436 e. The number of nitrogens with zero attached hydrogens (tertiary/aromatic N) is 5. The van der Waals surface area contributed by atoms with E-state index < -0.39 is 83.0 Å². The highest BCUT2D eigenvalue weighted by Crippen LogP contribution is 2.33. The van der Waals surface area contributed by atoms with Crippen LogP contribution in [0.4, 0.5) is 22.0 Å². The van der Waals surface area contributed by atoms with Gasteiger partial charge in [0.05, 0.1) is 18.2 Å². The second kappa shape index (κ2) is 11.2. The predicted molar refractivity (Wildman–Crippen MR) is 131 cm³/mol. The number of benzene rings is 2. The average molecular weight is 596 g/mol. The first kappa shape index (κ1) is 29.2. The van der Waals surface area contributed by atoms with Crippen LogP contribution in [0.5, 0.6) is 5.75 Å². The summed E-state index contributed by atoms with van der Waals surface area (Å²) in [6.07, 6.45) is -10.3. The lowest BCUT2D eigenvalue weighted by atomic mass is 9.99. The fourth-order valence-electron chi connectivity index (χ4n) is 4.20. The summed E-state index contributed by atoms with van der Waals surface area (Å²) in [5, 5.41) is 54.1. The Morgan fingerprint density at radius 3 is 2.40 bits per heavy atom. The summed E-state index contributed by atoms with van der Waals surface area (Å²) in [7, 11) is 0. The van der Waals surface area contributed by atoms with Crippen LogP contribution in [0.15, 0.2) is 53.9 Å². The summed E-state index contributed by atoms with van der Waals surface area (Å²) >= 11 is 0. The molecule has 5 atom stereocenters. The van der Waals surface area contributed by atoms with E-state index in [1.165, 1.54) is 30.5 Å². The molecule has 17 heteroatoms. The molecular weight excluding hydrogens is 575 g/mol. The van der Waals surface area contributed by atoms with Crippen LogP contribution in [-0.4, -0.2) is 83.4 Å². The molecule has 0 spiro atoms. The fourth-order valence-corrected chi connectivity index (χ4v) is 4.20. The van der Waals surface area contributed by atoms with Crippen LogP contribution < -0.4 is 10.2 Å².